The molecule has 1 aliphatic carbocycles. The van der Waals surface area contributed by atoms with E-state index in [1.54, 1.807) is 0 Å². The number of hydrogen-bond donors (Lipinski definition) is 3. The van der Waals surface area contributed by atoms with Crippen LogP contribution < -0.4 is 16.0 Å². The largest absolute Gasteiger partial charge is 0.357 e. The first-order valence-electron chi connectivity index (χ1n) is 9.58. The number of rotatable bonds is 7. The lowest BCUT2D eigenvalue weighted by Gasteiger charge is -2.20. The van der Waals surface area contributed by atoms with Crippen molar-refractivity contribution >= 4 is 11.9 Å². The van der Waals surface area contributed by atoms with Crippen LogP contribution in [0.5, 0.6) is 0 Å². The van der Waals surface area contributed by atoms with Gasteiger partial charge in [0.1, 0.15) is 0 Å². The Morgan fingerprint density at radius 2 is 1.88 bits per heavy atom. The first kappa shape index (κ1) is 19.3. The van der Waals surface area contributed by atoms with Gasteiger partial charge in [-0.3, -0.25) is 9.79 Å². The zero-order chi connectivity index (χ0) is 17.9. The number of carbonyl (C=O) groups excluding carboxylic acids is 1. The van der Waals surface area contributed by atoms with Crippen molar-refractivity contribution in [2.24, 2.45) is 10.9 Å². The van der Waals surface area contributed by atoms with E-state index in [4.69, 9.17) is 0 Å². The van der Waals surface area contributed by atoms with Crippen LogP contribution in [0, 0.1) is 5.92 Å². The van der Waals surface area contributed by atoms with Crippen LogP contribution in [-0.2, 0) is 4.79 Å². The maximum Gasteiger partial charge on any atom is 0.223 e. The Morgan fingerprint density at radius 3 is 2.56 bits per heavy atom. The quantitative estimate of drug-likeness (QED) is 0.405. The van der Waals surface area contributed by atoms with E-state index < -0.39 is 0 Å². The summed E-state index contributed by atoms with van der Waals surface area (Å²) in [5.41, 5.74) is 1.22. The summed E-state index contributed by atoms with van der Waals surface area (Å²) >= 11 is 0. The van der Waals surface area contributed by atoms with Gasteiger partial charge in [-0.05, 0) is 32.3 Å². The van der Waals surface area contributed by atoms with Crippen molar-refractivity contribution in [2.45, 2.75) is 52.0 Å². The van der Waals surface area contributed by atoms with Crippen molar-refractivity contribution in [1.82, 2.24) is 16.0 Å². The summed E-state index contributed by atoms with van der Waals surface area (Å²) in [4.78, 5) is 16.7. The van der Waals surface area contributed by atoms with Gasteiger partial charge in [0.25, 0.3) is 0 Å². The van der Waals surface area contributed by atoms with E-state index >= 15 is 0 Å². The first-order chi connectivity index (χ1) is 12.2. The average molecular weight is 345 g/mol. The van der Waals surface area contributed by atoms with Crippen LogP contribution in [0.25, 0.3) is 0 Å². The molecule has 0 saturated heterocycles. The molecule has 2 rings (SSSR count). The number of guanidine groups is 1. The smallest absolute Gasteiger partial charge is 0.223 e. The van der Waals surface area contributed by atoms with Gasteiger partial charge in [0.2, 0.25) is 5.91 Å². The molecule has 0 aliphatic heterocycles. The molecule has 0 aromatic heterocycles. The molecule has 1 fully saturated rings. The summed E-state index contributed by atoms with van der Waals surface area (Å²) in [5.74, 6) is 1.19. The van der Waals surface area contributed by atoms with Crippen LogP contribution in [0.15, 0.2) is 35.3 Å². The number of nitrogens with one attached hydrogen (secondary N) is 3. The molecule has 0 bridgehead atoms. The molecule has 25 heavy (non-hydrogen) atoms. The van der Waals surface area contributed by atoms with Gasteiger partial charge in [-0.1, -0.05) is 49.6 Å². The molecule has 1 amide bonds. The van der Waals surface area contributed by atoms with Gasteiger partial charge in [0, 0.05) is 19.0 Å². The predicted octanol–water partition coefficient (Wildman–Crippen LogP) is 3.00. The second-order valence-corrected chi connectivity index (χ2v) is 6.66. The molecule has 1 atom stereocenters. The Bertz CT molecular complexity index is 538. The number of carbonyl (C=O) groups is 1. The van der Waals surface area contributed by atoms with E-state index in [1.807, 2.05) is 18.2 Å². The van der Waals surface area contributed by atoms with E-state index in [2.05, 4.69) is 46.9 Å². The third-order valence-corrected chi connectivity index (χ3v) is 4.65. The minimum Gasteiger partial charge on any atom is -0.357 e. The Morgan fingerprint density at radius 1 is 1.16 bits per heavy atom. The van der Waals surface area contributed by atoms with Crippen LogP contribution in [0.2, 0.25) is 0 Å². The summed E-state index contributed by atoms with van der Waals surface area (Å²) in [6.07, 6.45) is 5.71. The van der Waals surface area contributed by atoms with Gasteiger partial charge >= 0.3 is 0 Å². The lowest BCUT2D eigenvalue weighted by molar-refractivity contribution is -0.125. The normalized spacial score (nSPS) is 17.0. The van der Waals surface area contributed by atoms with Crippen molar-refractivity contribution in [2.75, 3.05) is 19.6 Å². The Kier molecular flexibility index (Phi) is 8.29. The van der Waals surface area contributed by atoms with Crippen LogP contribution in [0.1, 0.15) is 57.6 Å². The second-order valence-electron chi connectivity index (χ2n) is 6.66. The summed E-state index contributed by atoms with van der Waals surface area (Å²) in [7, 11) is 0. The second kappa shape index (κ2) is 10.7. The molecule has 1 aromatic rings. The lowest BCUT2D eigenvalue weighted by atomic mass is 9.89. The molecule has 5 nitrogen and oxygen atoms in total. The standard InChI is InChI=1S/C20H32N4O/c1-3-21-20(24-16(2)17-10-6-4-7-11-17)23-15-14-22-19(25)18-12-8-5-9-13-18/h4,6-7,10-11,16,18H,3,5,8-9,12-15H2,1-2H3,(H,22,25)(H2,21,23,24). The van der Waals surface area contributed by atoms with Crippen LogP contribution >= 0.6 is 0 Å². The molecule has 0 spiro atoms. The molecule has 1 aliphatic rings. The number of aliphatic imine (C=N–C) groups is 1. The van der Waals surface area contributed by atoms with Crippen molar-refractivity contribution in [3.05, 3.63) is 35.9 Å². The fourth-order valence-corrected chi connectivity index (χ4v) is 3.21. The molecular formula is C20H32N4O. The molecule has 1 unspecified atom stereocenters. The molecular weight excluding hydrogens is 312 g/mol. The van der Waals surface area contributed by atoms with Gasteiger partial charge in [-0.2, -0.15) is 0 Å². The lowest BCUT2D eigenvalue weighted by Crippen LogP contribution is -2.39. The molecule has 0 radical (unpaired) electrons. The summed E-state index contributed by atoms with van der Waals surface area (Å²) < 4.78 is 0. The van der Waals surface area contributed by atoms with Crippen molar-refractivity contribution in [3.8, 4) is 0 Å². The molecule has 5 heteroatoms. The van der Waals surface area contributed by atoms with Crippen molar-refractivity contribution in [1.29, 1.82) is 0 Å². The fraction of sp³-hybridized carbons (Fsp3) is 0.600. The SMILES string of the molecule is CCNC(=NCCNC(=O)C1CCCCC1)NC(C)c1ccccc1. The van der Waals surface area contributed by atoms with E-state index in [0.717, 1.165) is 25.3 Å². The minimum absolute atomic E-state index is 0.177. The van der Waals surface area contributed by atoms with E-state index in [0.29, 0.717) is 13.1 Å². The molecule has 138 valence electrons. The molecule has 1 saturated carbocycles. The van der Waals surface area contributed by atoms with Gasteiger partial charge < -0.3 is 16.0 Å². The predicted molar refractivity (Wildman–Crippen MR) is 104 cm³/mol. The molecule has 3 N–H and O–H groups in total. The van der Waals surface area contributed by atoms with Crippen molar-refractivity contribution in [3.63, 3.8) is 0 Å². The van der Waals surface area contributed by atoms with Crippen LogP contribution in [0.3, 0.4) is 0 Å². The number of amides is 1. The highest BCUT2D eigenvalue weighted by molar-refractivity contribution is 5.80. The highest BCUT2D eigenvalue weighted by Crippen LogP contribution is 2.23. The summed E-state index contributed by atoms with van der Waals surface area (Å²) in [6, 6.07) is 10.5. The van der Waals surface area contributed by atoms with Gasteiger partial charge in [0.05, 0.1) is 12.6 Å². The highest BCUT2D eigenvalue weighted by atomic mass is 16.1. The van der Waals surface area contributed by atoms with E-state index in [-0.39, 0.29) is 17.9 Å². The third-order valence-electron chi connectivity index (χ3n) is 4.65. The zero-order valence-electron chi connectivity index (χ0n) is 15.6. The monoisotopic (exact) mass is 344 g/mol. The van der Waals surface area contributed by atoms with E-state index in [9.17, 15) is 4.79 Å². The van der Waals surface area contributed by atoms with Gasteiger partial charge in [-0.15, -0.1) is 0 Å². The van der Waals surface area contributed by atoms with E-state index in [1.165, 1.54) is 24.8 Å². The maximum absolute atomic E-state index is 12.1. The average Bonchev–Trinajstić information content (AvgIpc) is 2.66. The first-order valence-corrected chi connectivity index (χ1v) is 9.58. The van der Waals surface area contributed by atoms with Crippen molar-refractivity contribution < 1.29 is 4.79 Å². The Hall–Kier alpha value is -2.04. The molecule has 0 heterocycles. The maximum atomic E-state index is 12.1. The van der Waals surface area contributed by atoms with Crippen LogP contribution in [0.4, 0.5) is 0 Å². The molecule has 1 aromatic carbocycles. The Labute approximate surface area is 151 Å². The van der Waals surface area contributed by atoms with Gasteiger partial charge in [0.15, 0.2) is 5.96 Å². The third kappa shape index (κ3) is 6.77. The van der Waals surface area contributed by atoms with Crippen LogP contribution in [-0.4, -0.2) is 31.5 Å². The number of benzene rings is 1. The topological polar surface area (TPSA) is 65.5 Å². The number of hydrogen-bond acceptors (Lipinski definition) is 2. The zero-order valence-corrected chi connectivity index (χ0v) is 15.6. The number of nitrogens with zero attached hydrogens (tertiary/aromatic N) is 1. The Balaban J connectivity index is 1.77. The summed E-state index contributed by atoms with van der Waals surface area (Å²) in [6.45, 7) is 6.14. The highest BCUT2D eigenvalue weighted by Gasteiger charge is 2.20. The fourth-order valence-electron chi connectivity index (χ4n) is 3.21. The summed E-state index contributed by atoms with van der Waals surface area (Å²) in [5, 5.41) is 9.71. The minimum atomic E-state index is 0.177. The van der Waals surface area contributed by atoms with Gasteiger partial charge in [-0.25, -0.2) is 0 Å².